The highest BCUT2D eigenvalue weighted by Crippen LogP contribution is 2.26. The number of nitrogens with one attached hydrogen (secondary N) is 1. The van der Waals surface area contributed by atoms with E-state index in [0.717, 1.165) is 18.7 Å². The van der Waals surface area contributed by atoms with E-state index in [1.807, 2.05) is 6.07 Å². The zero-order valence-electron chi connectivity index (χ0n) is 12.8. The van der Waals surface area contributed by atoms with Crippen molar-refractivity contribution < 1.29 is 4.79 Å². The van der Waals surface area contributed by atoms with Gasteiger partial charge in [-0.25, -0.2) is 0 Å². The lowest BCUT2D eigenvalue weighted by Crippen LogP contribution is -2.37. The molecule has 1 saturated heterocycles. The van der Waals surface area contributed by atoms with Crippen LogP contribution < -0.4 is 10.2 Å². The number of carbonyl (C=O) groups excluding carboxylic acids is 1. The summed E-state index contributed by atoms with van der Waals surface area (Å²) in [5, 5.41) is 12.9. The number of anilines is 1. The summed E-state index contributed by atoms with van der Waals surface area (Å²) in [6, 6.07) is 14.5. The highest BCUT2D eigenvalue weighted by atomic mass is 35.5. The van der Waals surface area contributed by atoms with Gasteiger partial charge in [-0.3, -0.25) is 4.79 Å². The minimum absolute atomic E-state index is 0.0446. The average Bonchev–Trinajstić information content (AvgIpc) is 3.03. The third kappa shape index (κ3) is 3.48. The van der Waals surface area contributed by atoms with Crippen LogP contribution in [0.3, 0.4) is 0 Å². The summed E-state index contributed by atoms with van der Waals surface area (Å²) >= 11 is 12.2. The van der Waals surface area contributed by atoms with Crippen LogP contribution in [0.25, 0.3) is 0 Å². The lowest BCUT2D eigenvalue weighted by molar-refractivity contribution is 0.0940. The first-order chi connectivity index (χ1) is 11.6. The van der Waals surface area contributed by atoms with Crippen molar-refractivity contribution in [3.8, 4) is 6.07 Å². The van der Waals surface area contributed by atoms with E-state index in [4.69, 9.17) is 28.5 Å². The largest absolute Gasteiger partial charge is 0.369 e. The molecule has 0 spiro atoms. The molecule has 0 bridgehead atoms. The van der Waals surface area contributed by atoms with Gasteiger partial charge >= 0.3 is 0 Å². The number of halogens is 2. The second-order valence-electron chi connectivity index (χ2n) is 5.66. The van der Waals surface area contributed by atoms with Gasteiger partial charge in [0.25, 0.3) is 5.91 Å². The Hall–Kier alpha value is -2.22. The van der Waals surface area contributed by atoms with Crippen molar-refractivity contribution in [1.29, 1.82) is 5.26 Å². The second-order valence-corrected chi connectivity index (χ2v) is 6.48. The minimum atomic E-state index is -0.162. The van der Waals surface area contributed by atoms with Gasteiger partial charge < -0.3 is 10.2 Å². The predicted octanol–water partition coefficient (Wildman–Crippen LogP) is 3.87. The Morgan fingerprint density at radius 3 is 2.71 bits per heavy atom. The molecule has 6 heteroatoms. The van der Waals surface area contributed by atoms with Crippen LogP contribution in [0.4, 0.5) is 5.69 Å². The highest BCUT2D eigenvalue weighted by molar-refractivity contribution is 6.33. The summed E-state index contributed by atoms with van der Waals surface area (Å²) in [6.45, 7) is 1.51. The third-order valence-electron chi connectivity index (χ3n) is 4.08. The first-order valence-corrected chi connectivity index (χ1v) is 8.34. The SMILES string of the molecule is N#Cc1ccc(N2CC[C@@H](NC(=O)c3ccccc3Cl)C2)cc1Cl. The molecule has 0 saturated carbocycles. The standard InChI is InChI=1S/C18H15Cl2N3O/c19-16-4-2-1-3-15(16)18(24)22-13-7-8-23(11-13)14-6-5-12(10-21)17(20)9-14/h1-6,9,13H,7-8,11H2,(H,22,24)/t13-/m1/s1. The summed E-state index contributed by atoms with van der Waals surface area (Å²) < 4.78 is 0. The van der Waals surface area contributed by atoms with E-state index in [-0.39, 0.29) is 11.9 Å². The van der Waals surface area contributed by atoms with Crippen LogP contribution in [0, 0.1) is 11.3 Å². The van der Waals surface area contributed by atoms with E-state index in [9.17, 15) is 4.79 Å². The molecule has 0 aliphatic carbocycles. The number of nitriles is 1. The number of hydrogen-bond acceptors (Lipinski definition) is 3. The summed E-state index contributed by atoms with van der Waals surface area (Å²) in [5.74, 6) is -0.162. The van der Waals surface area contributed by atoms with Crippen LogP contribution in [0.2, 0.25) is 10.0 Å². The Morgan fingerprint density at radius 2 is 2.00 bits per heavy atom. The molecule has 1 aliphatic heterocycles. The van der Waals surface area contributed by atoms with Gasteiger partial charge in [0, 0.05) is 24.8 Å². The summed E-state index contributed by atoms with van der Waals surface area (Å²) in [4.78, 5) is 14.5. The van der Waals surface area contributed by atoms with Crippen molar-refractivity contribution >= 4 is 34.8 Å². The minimum Gasteiger partial charge on any atom is -0.369 e. The van der Waals surface area contributed by atoms with E-state index >= 15 is 0 Å². The maximum Gasteiger partial charge on any atom is 0.253 e. The normalized spacial score (nSPS) is 16.7. The molecule has 1 amide bonds. The highest BCUT2D eigenvalue weighted by Gasteiger charge is 2.25. The van der Waals surface area contributed by atoms with Gasteiger partial charge in [-0.15, -0.1) is 0 Å². The molecule has 122 valence electrons. The molecule has 1 atom stereocenters. The zero-order valence-corrected chi connectivity index (χ0v) is 14.3. The van der Waals surface area contributed by atoms with E-state index in [2.05, 4.69) is 16.3 Å². The lowest BCUT2D eigenvalue weighted by atomic mass is 10.2. The zero-order chi connectivity index (χ0) is 17.1. The number of benzene rings is 2. The molecular weight excluding hydrogens is 345 g/mol. The molecule has 0 radical (unpaired) electrons. The molecule has 24 heavy (non-hydrogen) atoms. The van der Waals surface area contributed by atoms with Crippen LogP contribution in [0.15, 0.2) is 42.5 Å². The Kier molecular flexibility index (Phi) is 4.94. The molecule has 1 aliphatic rings. The maximum absolute atomic E-state index is 12.3. The summed E-state index contributed by atoms with van der Waals surface area (Å²) in [5.41, 5.74) is 1.90. The van der Waals surface area contributed by atoms with Gasteiger partial charge in [0.15, 0.2) is 0 Å². The van der Waals surface area contributed by atoms with Crippen molar-refractivity contribution in [2.45, 2.75) is 12.5 Å². The number of nitrogens with zero attached hydrogens (tertiary/aromatic N) is 2. The Labute approximate surface area is 150 Å². The smallest absolute Gasteiger partial charge is 0.253 e. The number of rotatable bonds is 3. The molecule has 0 aromatic heterocycles. The quantitative estimate of drug-likeness (QED) is 0.904. The van der Waals surface area contributed by atoms with E-state index in [0.29, 0.717) is 27.7 Å². The van der Waals surface area contributed by atoms with Crippen molar-refractivity contribution in [3.05, 3.63) is 63.6 Å². The van der Waals surface area contributed by atoms with E-state index < -0.39 is 0 Å². The lowest BCUT2D eigenvalue weighted by Gasteiger charge is -2.19. The van der Waals surface area contributed by atoms with Crippen LogP contribution in [-0.2, 0) is 0 Å². The van der Waals surface area contributed by atoms with Crippen LogP contribution in [0.5, 0.6) is 0 Å². The van der Waals surface area contributed by atoms with Crippen molar-refractivity contribution in [3.63, 3.8) is 0 Å². The predicted molar refractivity (Wildman–Crippen MR) is 95.7 cm³/mol. The van der Waals surface area contributed by atoms with Crippen molar-refractivity contribution in [2.75, 3.05) is 18.0 Å². The fourth-order valence-electron chi connectivity index (χ4n) is 2.81. The van der Waals surface area contributed by atoms with Crippen LogP contribution in [0.1, 0.15) is 22.3 Å². The van der Waals surface area contributed by atoms with Crippen molar-refractivity contribution in [1.82, 2.24) is 5.32 Å². The van der Waals surface area contributed by atoms with E-state index in [1.54, 1.807) is 36.4 Å². The molecule has 2 aromatic carbocycles. The monoisotopic (exact) mass is 359 g/mol. The third-order valence-corrected chi connectivity index (χ3v) is 4.72. The molecular formula is C18H15Cl2N3O. The molecule has 3 rings (SSSR count). The molecule has 1 N–H and O–H groups in total. The maximum atomic E-state index is 12.3. The van der Waals surface area contributed by atoms with Crippen molar-refractivity contribution in [2.24, 2.45) is 0 Å². The first-order valence-electron chi connectivity index (χ1n) is 7.58. The summed E-state index contributed by atoms with van der Waals surface area (Å²) in [7, 11) is 0. The fourth-order valence-corrected chi connectivity index (χ4v) is 3.25. The Bertz CT molecular complexity index is 816. The second kappa shape index (κ2) is 7.12. The van der Waals surface area contributed by atoms with Gasteiger partial charge in [0.2, 0.25) is 0 Å². The molecule has 1 fully saturated rings. The van der Waals surface area contributed by atoms with E-state index in [1.165, 1.54) is 0 Å². The van der Waals surface area contributed by atoms with Gasteiger partial charge in [-0.05, 0) is 36.8 Å². The molecule has 1 heterocycles. The number of hydrogen-bond donors (Lipinski definition) is 1. The molecule has 0 unspecified atom stereocenters. The Balaban J connectivity index is 1.66. The van der Waals surface area contributed by atoms with Gasteiger partial charge in [-0.2, -0.15) is 5.26 Å². The average molecular weight is 360 g/mol. The summed E-state index contributed by atoms with van der Waals surface area (Å²) in [6.07, 6.45) is 0.841. The van der Waals surface area contributed by atoms with Gasteiger partial charge in [0.1, 0.15) is 6.07 Å². The van der Waals surface area contributed by atoms with Crippen LogP contribution >= 0.6 is 23.2 Å². The van der Waals surface area contributed by atoms with Crippen LogP contribution in [-0.4, -0.2) is 25.0 Å². The number of amides is 1. The van der Waals surface area contributed by atoms with Gasteiger partial charge in [0.05, 0.1) is 21.2 Å². The number of carbonyl (C=O) groups is 1. The first kappa shape index (κ1) is 16.6. The fraction of sp³-hybridized carbons (Fsp3) is 0.222. The van der Waals surface area contributed by atoms with Gasteiger partial charge in [-0.1, -0.05) is 35.3 Å². The topological polar surface area (TPSA) is 56.1 Å². The Morgan fingerprint density at radius 1 is 1.21 bits per heavy atom. The molecule has 4 nitrogen and oxygen atoms in total. The molecule has 2 aromatic rings.